The van der Waals surface area contributed by atoms with E-state index in [1.165, 1.54) is 0 Å². The second kappa shape index (κ2) is 6.89. The van der Waals surface area contributed by atoms with Gasteiger partial charge in [-0.1, -0.05) is 29.8 Å². The number of halogens is 1. The highest BCUT2D eigenvalue weighted by Crippen LogP contribution is 2.16. The lowest BCUT2D eigenvalue weighted by Gasteiger charge is -2.26. The van der Waals surface area contributed by atoms with E-state index in [0.717, 1.165) is 30.1 Å². The maximum absolute atomic E-state index is 11.6. The normalized spacial score (nSPS) is 22.1. The van der Waals surface area contributed by atoms with Crippen LogP contribution in [0.1, 0.15) is 12.0 Å². The van der Waals surface area contributed by atoms with Gasteiger partial charge < -0.3 is 10.2 Å². The van der Waals surface area contributed by atoms with Crippen molar-refractivity contribution in [3.05, 3.63) is 34.9 Å². The molecule has 1 atom stereocenters. The van der Waals surface area contributed by atoms with Crippen molar-refractivity contribution in [1.29, 1.82) is 0 Å². The van der Waals surface area contributed by atoms with Gasteiger partial charge in [-0.25, -0.2) is 8.42 Å². The van der Waals surface area contributed by atoms with Crippen LogP contribution in [0.15, 0.2) is 24.3 Å². The molecule has 0 aliphatic carbocycles. The lowest BCUT2D eigenvalue weighted by molar-refractivity contribution is 0.303. The summed E-state index contributed by atoms with van der Waals surface area (Å²) in [6.45, 7) is 2.19. The first-order valence-electron chi connectivity index (χ1n) is 6.82. The molecule has 1 aromatic carbocycles. The van der Waals surface area contributed by atoms with Crippen LogP contribution in [0.3, 0.4) is 0 Å². The zero-order chi connectivity index (χ0) is 14.6. The molecule has 0 amide bonds. The van der Waals surface area contributed by atoms with Crippen LogP contribution in [0.2, 0.25) is 5.02 Å². The summed E-state index contributed by atoms with van der Waals surface area (Å²) < 4.78 is 23.1. The number of nitrogens with one attached hydrogen (secondary N) is 1. The Labute approximate surface area is 126 Å². The van der Waals surface area contributed by atoms with Crippen LogP contribution in [0.4, 0.5) is 0 Å². The fourth-order valence-electron chi connectivity index (χ4n) is 2.43. The predicted octanol–water partition coefficient (Wildman–Crippen LogP) is 1.55. The molecule has 0 bridgehead atoms. The van der Waals surface area contributed by atoms with E-state index in [1.807, 2.05) is 31.3 Å². The summed E-state index contributed by atoms with van der Waals surface area (Å²) in [5, 5.41) is 4.05. The van der Waals surface area contributed by atoms with Gasteiger partial charge in [0.15, 0.2) is 9.84 Å². The van der Waals surface area contributed by atoms with E-state index < -0.39 is 9.84 Å². The Balaban J connectivity index is 1.81. The molecule has 1 heterocycles. The van der Waals surface area contributed by atoms with Crippen molar-refractivity contribution in [2.45, 2.75) is 19.0 Å². The predicted molar refractivity (Wildman–Crippen MR) is 82.8 cm³/mol. The maximum atomic E-state index is 11.6. The summed E-state index contributed by atoms with van der Waals surface area (Å²) >= 11 is 6.14. The number of nitrogens with zero attached hydrogens (tertiary/aromatic N) is 1. The van der Waals surface area contributed by atoms with Crippen molar-refractivity contribution < 1.29 is 8.42 Å². The largest absolute Gasteiger partial charge is 0.312 e. The summed E-state index contributed by atoms with van der Waals surface area (Å²) in [6, 6.07) is 7.87. The molecular weight excluding hydrogens is 296 g/mol. The molecule has 1 N–H and O–H groups in total. The number of hydrogen-bond acceptors (Lipinski definition) is 4. The van der Waals surface area contributed by atoms with Crippen LogP contribution in [0.25, 0.3) is 0 Å². The lowest BCUT2D eigenvalue weighted by Crippen LogP contribution is -2.46. The summed E-state index contributed by atoms with van der Waals surface area (Å²) in [5.74, 6) is 0.520. The Morgan fingerprint density at radius 2 is 2.15 bits per heavy atom. The average Bonchev–Trinajstić information content (AvgIpc) is 2.38. The quantitative estimate of drug-likeness (QED) is 0.895. The van der Waals surface area contributed by atoms with Gasteiger partial charge in [0, 0.05) is 24.2 Å². The van der Waals surface area contributed by atoms with Crippen molar-refractivity contribution in [2.75, 3.05) is 31.6 Å². The summed E-state index contributed by atoms with van der Waals surface area (Å²) in [6.07, 6.45) is 0.834. The highest BCUT2D eigenvalue weighted by Gasteiger charge is 2.24. The third-order valence-electron chi connectivity index (χ3n) is 3.56. The first-order valence-corrected chi connectivity index (χ1v) is 9.02. The molecule has 112 valence electrons. The van der Waals surface area contributed by atoms with Crippen LogP contribution in [0.5, 0.6) is 0 Å². The molecule has 20 heavy (non-hydrogen) atoms. The van der Waals surface area contributed by atoms with Gasteiger partial charge in [-0.2, -0.15) is 0 Å². The topological polar surface area (TPSA) is 49.4 Å². The Morgan fingerprint density at radius 1 is 1.40 bits per heavy atom. The lowest BCUT2D eigenvalue weighted by atomic mass is 10.2. The van der Waals surface area contributed by atoms with Gasteiger partial charge in [-0.15, -0.1) is 0 Å². The summed E-state index contributed by atoms with van der Waals surface area (Å²) in [5.41, 5.74) is 1.10. The second-order valence-electron chi connectivity index (χ2n) is 5.38. The first-order chi connectivity index (χ1) is 9.46. The first kappa shape index (κ1) is 15.8. The van der Waals surface area contributed by atoms with Crippen LogP contribution in [-0.4, -0.2) is 51.0 Å². The van der Waals surface area contributed by atoms with Gasteiger partial charge in [-0.05, 0) is 31.6 Å². The number of hydrogen-bond donors (Lipinski definition) is 1. The molecule has 0 spiro atoms. The SMILES string of the molecule is CN(CCC1CS(=O)(=O)CCN1)Cc1ccccc1Cl. The van der Waals surface area contributed by atoms with E-state index in [2.05, 4.69) is 10.2 Å². The third-order valence-corrected chi connectivity index (χ3v) is 5.66. The molecule has 1 fully saturated rings. The Bertz CT molecular complexity index is 548. The van der Waals surface area contributed by atoms with Crippen LogP contribution >= 0.6 is 11.6 Å². The Morgan fingerprint density at radius 3 is 2.85 bits per heavy atom. The van der Waals surface area contributed by atoms with E-state index in [-0.39, 0.29) is 17.5 Å². The molecule has 1 saturated heterocycles. The summed E-state index contributed by atoms with van der Waals surface area (Å²) in [7, 11) is -0.819. The van der Waals surface area contributed by atoms with Crippen molar-refractivity contribution in [3.8, 4) is 0 Å². The van der Waals surface area contributed by atoms with E-state index in [9.17, 15) is 8.42 Å². The van der Waals surface area contributed by atoms with Crippen molar-refractivity contribution >= 4 is 21.4 Å². The smallest absolute Gasteiger partial charge is 0.153 e. The van der Waals surface area contributed by atoms with Gasteiger partial charge in [0.1, 0.15) is 0 Å². The second-order valence-corrected chi connectivity index (χ2v) is 8.02. The number of rotatable bonds is 5. The molecule has 1 aliphatic heterocycles. The Hall–Kier alpha value is -0.620. The van der Waals surface area contributed by atoms with E-state index in [0.29, 0.717) is 6.54 Å². The molecule has 4 nitrogen and oxygen atoms in total. The standard InChI is InChI=1S/C14H21ClN2O2S/c1-17(10-12-4-2-3-5-14(12)15)8-6-13-11-20(18,19)9-7-16-13/h2-5,13,16H,6-11H2,1H3. The molecule has 2 rings (SSSR count). The third kappa shape index (κ3) is 4.74. The molecule has 1 aromatic rings. The zero-order valence-corrected chi connectivity index (χ0v) is 13.3. The van der Waals surface area contributed by atoms with Gasteiger partial charge >= 0.3 is 0 Å². The molecule has 0 radical (unpaired) electrons. The van der Waals surface area contributed by atoms with E-state index in [4.69, 9.17) is 11.6 Å². The molecule has 0 aromatic heterocycles. The van der Waals surface area contributed by atoms with Gasteiger partial charge in [0.2, 0.25) is 0 Å². The van der Waals surface area contributed by atoms with Crippen molar-refractivity contribution in [1.82, 2.24) is 10.2 Å². The number of benzene rings is 1. The molecule has 6 heteroatoms. The van der Waals surface area contributed by atoms with E-state index >= 15 is 0 Å². The average molecular weight is 317 g/mol. The zero-order valence-electron chi connectivity index (χ0n) is 11.7. The highest BCUT2D eigenvalue weighted by molar-refractivity contribution is 7.91. The van der Waals surface area contributed by atoms with Crippen LogP contribution < -0.4 is 5.32 Å². The van der Waals surface area contributed by atoms with Crippen molar-refractivity contribution in [2.24, 2.45) is 0 Å². The van der Waals surface area contributed by atoms with Gasteiger partial charge in [-0.3, -0.25) is 0 Å². The minimum atomic E-state index is -2.85. The van der Waals surface area contributed by atoms with Gasteiger partial charge in [0.05, 0.1) is 11.5 Å². The maximum Gasteiger partial charge on any atom is 0.153 e. The fourth-order valence-corrected chi connectivity index (χ4v) is 4.11. The molecule has 1 unspecified atom stereocenters. The minimum absolute atomic E-state index is 0.0717. The fraction of sp³-hybridized carbons (Fsp3) is 0.571. The summed E-state index contributed by atoms with van der Waals surface area (Å²) in [4.78, 5) is 2.17. The molecule has 0 saturated carbocycles. The van der Waals surface area contributed by atoms with Crippen LogP contribution in [0, 0.1) is 0 Å². The van der Waals surface area contributed by atoms with Crippen LogP contribution in [-0.2, 0) is 16.4 Å². The van der Waals surface area contributed by atoms with Crippen molar-refractivity contribution in [3.63, 3.8) is 0 Å². The minimum Gasteiger partial charge on any atom is -0.312 e. The Kier molecular flexibility index (Phi) is 5.43. The molecular formula is C14H21ClN2O2S. The van der Waals surface area contributed by atoms with Gasteiger partial charge in [0.25, 0.3) is 0 Å². The monoisotopic (exact) mass is 316 g/mol. The highest BCUT2D eigenvalue weighted by atomic mass is 35.5. The van der Waals surface area contributed by atoms with E-state index in [1.54, 1.807) is 0 Å². The molecule has 1 aliphatic rings. The number of sulfone groups is 1.